The molecule has 2 rings (SSSR count). The van der Waals surface area contributed by atoms with Crippen molar-refractivity contribution in [1.82, 2.24) is 10.2 Å². The molecular formula is C16H22N2O3. The molecule has 1 aromatic carbocycles. The van der Waals surface area contributed by atoms with Crippen molar-refractivity contribution >= 4 is 12.2 Å². The van der Waals surface area contributed by atoms with Gasteiger partial charge < -0.3 is 10.1 Å². The van der Waals surface area contributed by atoms with Gasteiger partial charge in [-0.25, -0.2) is 0 Å². The summed E-state index contributed by atoms with van der Waals surface area (Å²) in [5, 5.41) is 2.96. The van der Waals surface area contributed by atoms with Gasteiger partial charge in [0.1, 0.15) is 6.29 Å². The Balaban J connectivity index is 1.91. The minimum atomic E-state index is -0.117. The molecule has 0 bridgehead atoms. The van der Waals surface area contributed by atoms with Crippen molar-refractivity contribution < 1.29 is 14.3 Å². The smallest absolute Gasteiger partial charge is 0.251 e. The first-order chi connectivity index (χ1) is 10.0. The molecule has 114 valence electrons. The van der Waals surface area contributed by atoms with Crippen molar-refractivity contribution in [3.8, 4) is 0 Å². The van der Waals surface area contributed by atoms with E-state index in [0.29, 0.717) is 17.7 Å². The number of hydrogen-bond donors (Lipinski definition) is 1. The largest absolute Gasteiger partial charge is 0.379 e. The molecule has 5 nitrogen and oxygen atoms in total. The van der Waals surface area contributed by atoms with Crippen LogP contribution >= 0.6 is 0 Å². The fraction of sp³-hybridized carbons (Fsp3) is 0.500. The topological polar surface area (TPSA) is 58.6 Å². The van der Waals surface area contributed by atoms with Crippen molar-refractivity contribution in [2.45, 2.75) is 19.4 Å². The van der Waals surface area contributed by atoms with Crippen LogP contribution in [0, 0.1) is 0 Å². The van der Waals surface area contributed by atoms with E-state index in [2.05, 4.69) is 24.1 Å². The Morgan fingerprint density at radius 3 is 2.48 bits per heavy atom. The minimum Gasteiger partial charge on any atom is -0.379 e. The molecule has 0 unspecified atom stereocenters. The number of nitrogens with one attached hydrogen (secondary N) is 1. The Kier molecular flexibility index (Phi) is 5.09. The lowest BCUT2D eigenvalue weighted by atomic mass is 10.0. The van der Waals surface area contributed by atoms with Gasteiger partial charge in [-0.3, -0.25) is 14.5 Å². The fourth-order valence-corrected chi connectivity index (χ4v) is 2.39. The summed E-state index contributed by atoms with van der Waals surface area (Å²) in [6, 6.07) is 6.63. The highest BCUT2D eigenvalue weighted by atomic mass is 16.5. The van der Waals surface area contributed by atoms with E-state index in [0.717, 1.165) is 32.6 Å². The van der Waals surface area contributed by atoms with Gasteiger partial charge in [0.05, 0.1) is 13.2 Å². The normalized spacial score (nSPS) is 16.5. The summed E-state index contributed by atoms with van der Waals surface area (Å²) in [5.74, 6) is -0.117. The molecule has 1 aromatic rings. The summed E-state index contributed by atoms with van der Waals surface area (Å²) in [5.41, 5.74) is 1.03. The molecule has 0 aliphatic carbocycles. The Labute approximate surface area is 125 Å². The lowest BCUT2D eigenvalue weighted by molar-refractivity contribution is -0.00923. The number of rotatable bonds is 5. The first kappa shape index (κ1) is 15.7. The summed E-state index contributed by atoms with van der Waals surface area (Å²) >= 11 is 0. The van der Waals surface area contributed by atoms with E-state index < -0.39 is 0 Å². The van der Waals surface area contributed by atoms with Crippen molar-refractivity contribution in [2.75, 3.05) is 32.8 Å². The zero-order valence-electron chi connectivity index (χ0n) is 12.6. The van der Waals surface area contributed by atoms with Crippen LogP contribution in [-0.2, 0) is 4.74 Å². The second kappa shape index (κ2) is 6.83. The number of aldehydes is 1. The van der Waals surface area contributed by atoms with E-state index in [1.807, 2.05) is 0 Å². The van der Waals surface area contributed by atoms with Gasteiger partial charge in [-0.05, 0) is 26.0 Å². The minimum absolute atomic E-state index is 0.109. The van der Waals surface area contributed by atoms with Gasteiger partial charge in [0.2, 0.25) is 0 Å². The molecule has 0 spiro atoms. The van der Waals surface area contributed by atoms with Gasteiger partial charge in [0.15, 0.2) is 0 Å². The van der Waals surface area contributed by atoms with Crippen molar-refractivity contribution in [3.05, 3.63) is 35.4 Å². The molecule has 1 N–H and O–H groups in total. The highest BCUT2D eigenvalue weighted by molar-refractivity contribution is 5.94. The molecule has 1 amide bonds. The van der Waals surface area contributed by atoms with Crippen LogP contribution in [0.3, 0.4) is 0 Å². The Morgan fingerprint density at radius 1 is 1.29 bits per heavy atom. The third kappa shape index (κ3) is 4.12. The number of carbonyl (C=O) groups excluding carboxylic acids is 2. The quantitative estimate of drug-likeness (QED) is 0.831. The predicted octanol–water partition coefficient (Wildman–Crippen LogP) is 1.34. The molecule has 1 heterocycles. The summed E-state index contributed by atoms with van der Waals surface area (Å²) in [7, 11) is 0. The highest BCUT2D eigenvalue weighted by Gasteiger charge is 2.28. The SMILES string of the molecule is CC(C)(CNC(=O)c1ccc(C=O)cc1)N1CCOCC1. The number of benzene rings is 1. The van der Waals surface area contributed by atoms with Gasteiger partial charge in [0, 0.05) is 36.3 Å². The molecule has 1 aliphatic rings. The third-order valence-corrected chi connectivity index (χ3v) is 3.86. The number of nitrogens with zero attached hydrogens (tertiary/aromatic N) is 1. The monoisotopic (exact) mass is 290 g/mol. The standard InChI is InChI=1S/C16H22N2O3/c1-16(2,18-7-9-21-10-8-18)12-17-15(20)14-5-3-13(11-19)4-6-14/h3-6,11H,7-10,12H2,1-2H3,(H,17,20). The molecule has 0 radical (unpaired) electrons. The molecule has 1 fully saturated rings. The van der Waals surface area contributed by atoms with Crippen LogP contribution < -0.4 is 5.32 Å². The van der Waals surface area contributed by atoms with Crippen LogP contribution in [0.1, 0.15) is 34.6 Å². The van der Waals surface area contributed by atoms with E-state index >= 15 is 0 Å². The van der Waals surface area contributed by atoms with Crippen LogP contribution in [0.15, 0.2) is 24.3 Å². The maximum absolute atomic E-state index is 12.1. The maximum atomic E-state index is 12.1. The molecule has 1 aliphatic heterocycles. The molecule has 0 atom stereocenters. The first-order valence-electron chi connectivity index (χ1n) is 7.19. The van der Waals surface area contributed by atoms with Crippen LogP contribution in [0.2, 0.25) is 0 Å². The Bertz CT molecular complexity index is 491. The number of carbonyl (C=O) groups is 2. The Morgan fingerprint density at radius 2 is 1.90 bits per heavy atom. The number of hydrogen-bond acceptors (Lipinski definition) is 4. The lowest BCUT2D eigenvalue weighted by Gasteiger charge is -2.40. The molecule has 5 heteroatoms. The van der Waals surface area contributed by atoms with Gasteiger partial charge in [-0.2, -0.15) is 0 Å². The van der Waals surface area contributed by atoms with Crippen molar-refractivity contribution in [1.29, 1.82) is 0 Å². The lowest BCUT2D eigenvalue weighted by Crippen LogP contribution is -2.55. The summed E-state index contributed by atoms with van der Waals surface area (Å²) in [6.45, 7) is 8.06. The van der Waals surface area contributed by atoms with E-state index in [1.165, 1.54) is 0 Å². The zero-order valence-corrected chi connectivity index (χ0v) is 12.6. The summed E-state index contributed by atoms with van der Waals surface area (Å²) in [4.78, 5) is 25.1. The van der Waals surface area contributed by atoms with Crippen LogP contribution in [0.4, 0.5) is 0 Å². The number of ether oxygens (including phenoxy) is 1. The molecule has 1 saturated heterocycles. The van der Waals surface area contributed by atoms with Crippen LogP contribution in [0.5, 0.6) is 0 Å². The van der Waals surface area contributed by atoms with E-state index in [9.17, 15) is 9.59 Å². The first-order valence-corrected chi connectivity index (χ1v) is 7.19. The highest BCUT2D eigenvalue weighted by Crippen LogP contribution is 2.15. The maximum Gasteiger partial charge on any atom is 0.251 e. The van der Waals surface area contributed by atoms with Gasteiger partial charge in [-0.15, -0.1) is 0 Å². The Hall–Kier alpha value is -1.72. The third-order valence-electron chi connectivity index (χ3n) is 3.86. The van der Waals surface area contributed by atoms with Crippen LogP contribution in [-0.4, -0.2) is 55.5 Å². The van der Waals surface area contributed by atoms with Crippen LogP contribution in [0.25, 0.3) is 0 Å². The van der Waals surface area contributed by atoms with E-state index in [4.69, 9.17) is 4.74 Å². The van der Waals surface area contributed by atoms with Gasteiger partial charge >= 0.3 is 0 Å². The van der Waals surface area contributed by atoms with Gasteiger partial charge in [0.25, 0.3) is 5.91 Å². The number of amides is 1. The molecular weight excluding hydrogens is 268 g/mol. The summed E-state index contributed by atoms with van der Waals surface area (Å²) < 4.78 is 5.35. The van der Waals surface area contributed by atoms with Crippen molar-refractivity contribution in [3.63, 3.8) is 0 Å². The predicted molar refractivity (Wildman–Crippen MR) is 80.6 cm³/mol. The van der Waals surface area contributed by atoms with Gasteiger partial charge in [-0.1, -0.05) is 12.1 Å². The average Bonchev–Trinajstić information content (AvgIpc) is 2.53. The second-order valence-corrected chi connectivity index (χ2v) is 5.83. The average molecular weight is 290 g/mol. The fourth-order valence-electron chi connectivity index (χ4n) is 2.39. The van der Waals surface area contributed by atoms with Crippen molar-refractivity contribution in [2.24, 2.45) is 0 Å². The summed E-state index contributed by atoms with van der Waals surface area (Å²) in [6.07, 6.45) is 0.767. The molecule has 0 aromatic heterocycles. The zero-order chi connectivity index (χ0) is 15.3. The number of morpholine rings is 1. The van der Waals surface area contributed by atoms with E-state index in [-0.39, 0.29) is 11.4 Å². The second-order valence-electron chi connectivity index (χ2n) is 5.83. The van der Waals surface area contributed by atoms with E-state index in [1.54, 1.807) is 24.3 Å². The molecule has 0 saturated carbocycles. The molecule has 21 heavy (non-hydrogen) atoms.